The molecule has 6 N–H and O–H groups in total. The molecule has 208 valence electrons. The van der Waals surface area contributed by atoms with Gasteiger partial charge in [-0.1, -0.05) is 65.2 Å². The number of nitrogens with two attached hydrogens (primary N) is 1. The summed E-state index contributed by atoms with van der Waals surface area (Å²) in [6.07, 6.45) is 9.29. The Morgan fingerprint density at radius 3 is 1.71 bits per heavy atom. The van der Waals surface area contributed by atoms with E-state index in [2.05, 4.69) is 18.4 Å². The molecule has 35 heavy (non-hydrogen) atoms. The zero-order valence-corrected chi connectivity index (χ0v) is 21.8. The molecule has 0 saturated carbocycles. The third kappa shape index (κ3) is 26.9. The van der Waals surface area contributed by atoms with Crippen LogP contribution in [0.5, 0.6) is 0 Å². The number of aliphatic hydroxyl groups excluding tert-OH is 1. The first-order valence-corrected chi connectivity index (χ1v) is 13.6. The lowest BCUT2D eigenvalue weighted by Crippen LogP contribution is -2.33. The van der Waals surface area contributed by atoms with Crippen LogP contribution in [0.1, 0.15) is 90.9 Å². The van der Waals surface area contributed by atoms with E-state index in [0.29, 0.717) is 6.42 Å². The number of phosphoric ester groups is 1. The fourth-order valence-corrected chi connectivity index (χ4v) is 2.98. The van der Waals surface area contributed by atoms with Crippen molar-refractivity contribution >= 4 is 25.7 Å². The highest BCUT2D eigenvalue weighted by molar-refractivity contribution is 7.46. The first kappa shape index (κ1) is 35.6. The molecule has 0 bridgehead atoms. The average Bonchev–Trinajstić information content (AvgIpc) is 2.79. The molecule has 0 rings (SSSR count). The predicted octanol–water partition coefficient (Wildman–Crippen LogP) is 2.66. The van der Waals surface area contributed by atoms with Gasteiger partial charge in [-0.15, -0.1) is 0 Å². The second-order valence-electron chi connectivity index (χ2n) is 8.04. The summed E-state index contributed by atoms with van der Waals surface area (Å²) in [6, 6.07) is -1.13. The maximum Gasteiger partial charge on any atom is 0.469 e. The molecule has 0 saturated heterocycles. The molecule has 2 unspecified atom stereocenters. The molecule has 0 aromatic carbocycles. The van der Waals surface area contributed by atoms with Gasteiger partial charge >= 0.3 is 25.7 Å². The number of esters is 2. The number of rotatable bonds is 20. The monoisotopic (exact) mass is 529 g/mol. The van der Waals surface area contributed by atoms with E-state index in [1.54, 1.807) is 0 Å². The van der Waals surface area contributed by atoms with Crippen molar-refractivity contribution in [2.45, 2.75) is 103 Å². The SMILES string of the molecule is CCCCCCCC(=O)OCC(COP(=O)(O)O)OC(=O)CCCCCCC.NC(CO)C(=O)O. The molecule has 0 fully saturated rings. The van der Waals surface area contributed by atoms with Gasteiger partial charge in [-0.3, -0.25) is 18.9 Å². The van der Waals surface area contributed by atoms with Crippen LogP contribution in [-0.4, -0.2) is 69.9 Å². The first-order valence-electron chi connectivity index (χ1n) is 12.1. The zero-order chi connectivity index (χ0) is 27.1. The minimum Gasteiger partial charge on any atom is -0.480 e. The highest BCUT2D eigenvalue weighted by Gasteiger charge is 2.22. The van der Waals surface area contributed by atoms with Gasteiger partial charge in [0, 0.05) is 12.8 Å². The minimum atomic E-state index is -4.70. The topological polar surface area (TPSA) is 203 Å². The quantitative estimate of drug-likeness (QED) is 0.0877. The Morgan fingerprint density at radius 2 is 1.31 bits per heavy atom. The van der Waals surface area contributed by atoms with Crippen molar-refractivity contribution in [3.05, 3.63) is 0 Å². The van der Waals surface area contributed by atoms with Crippen LogP contribution in [0.4, 0.5) is 0 Å². The minimum absolute atomic E-state index is 0.210. The summed E-state index contributed by atoms with van der Waals surface area (Å²) in [5.74, 6) is -2.10. The summed E-state index contributed by atoms with van der Waals surface area (Å²) in [5, 5.41) is 15.9. The molecule has 0 aliphatic carbocycles. The van der Waals surface area contributed by atoms with Crippen LogP contribution < -0.4 is 5.73 Å². The molecule has 0 aromatic rings. The third-order valence-corrected chi connectivity index (χ3v) is 5.13. The van der Waals surface area contributed by atoms with Gasteiger partial charge in [0.2, 0.25) is 0 Å². The Balaban J connectivity index is 0. The molecule has 13 heteroatoms. The number of ether oxygens (including phenoxy) is 2. The summed E-state index contributed by atoms with van der Waals surface area (Å²) < 4.78 is 25.6. The van der Waals surface area contributed by atoms with E-state index < -0.39 is 51.1 Å². The fraction of sp³-hybridized carbons (Fsp3) is 0.864. The predicted molar refractivity (Wildman–Crippen MR) is 128 cm³/mol. The average molecular weight is 530 g/mol. The normalized spacial score (nSPS) is 12.7. The van der Waals surface area contributed by atoms with Crippen molar-refractivity contribution in [2.24, 2.45) is 5.73 Å². The number of aliphatic carboxylic acids is 1. The lowest BCUT2D eigenvalue weighted by Gasteiger charge is -2.18. The number of carbonyl (C=O) groups excluding carboxylic acids is 2. The van der Waals surface area contributed by atoms with E-state index in [0.717, 1.165) is 57.8 Å². The van der Waals surface area contributed by atoms with Crippen LogP contribution in [0.3, 0.4) is 0 Å². The van der Waals surface area contributed by atoms with Crippen molar-refractivity contribution in [1.29, 1.82) is 0 Å². The number of phosphoric acid groups is 1. The van der Waals surface area contributed by atoms with Gasteiger partial charge in [-0.25, -0.2) is 4.57 Å². The van der Waals surface area contributed by atoms with Crippen molar-refractivity contribution in [3.8, 4) is 0 Å². The Labute approximate surface area is 207 Å². The zero-order valence-electron chi connectivity index (χ0n) is 20.9. The van der Waals surface area contributed by atoms with Crippen LogP contribution in [0, 0.1) is 0 Å². The highest BCUT2D eigenvalue weighted by atomic mass is 31.2. The molecule has 0 aliphatic rings. The summed E-state index contributed by atoms with van der Waals surface area (Å²) in [6.45, 7) is 2.90. The maximum atomic E-state index is 11.9. The molecular formula is C22H44NO11P. The van der Waals surface area contributed by atoms with Crippen LogP contribution in [0.2, 0.25) is 0 Å². The lowest BCUT2D eigenvalue weighted by atomic mass is 10.1. The van der Waals surface area contributed by atoms with Crippen LogP contribution >= 0.6 is 7.82 Å². The number of hydrogen-bond donors (Lipinski definition) is 5. The van der Waals surface area contributed by atoms with Gasteiger partial charge in [0.1, 0.15) is 12.6 Å². The van der Waals surface area contributed by atoms with E-state index in [1.807, 2.05) is 0 Å². The summed E-state index contributed by atoms with van der Waals surface area (Å²) in [4.78, 5) is 51.0. The van der Waals surface area contributed by atoms with Gasteiger partial charge < -0.3 is 35.2 Å². The summed E-state index contributed by atoms with van der Waals surface area (Å²) in [5.41, 5.74) is 4.77. The Kier molecular flexibility index (Phi) is 23.3. The van der Waals surface area contributed by atoms with E-state index in [9.17, 15) is 18.9 Å². The summed E-state index contributed by atoms with van der Waals surface area (Å²) >= 11 is 0. The number of hydrogen-bond acceptors (Lipinski definition) is 9. The van der Waals surface area contributed by atoms with E-state index in [-0.39, 0.29) is 19.4 Å². The van der Waals surface area contributed by atoms with Gasteiger partial charge in [-0.05, 0) is 12.8 Å². The van der Waals surface area contributed by atoms with E-state index in [4.69, 9.17) is 35.2 Å². The molecule has 2 atom stereocenters. The number of carboxylic acids is 1. The van der Waals surface area contributed by atoms with Crippen molar-refractivity contribution in [1.82, 2.24) is 0 Å². The second-order valence-corrected chi connectivity index (χ2v) is 9.28. The van der Waals surface area contributed by atoms with Crippen molar-refractivity contribution in [3.63, 3.8) is 0 Å². The Morgan fingerprint density at radius 1 is 0.829 bits per heavy atom. The standard InChI is InChI=1S/C19H37O8P.C3H7NO3/c1-3-5-7-9-11-13-18(20)25-15-17(16-26-28(22,23)24)27-19(21)14-12-10-8-6-4-2;4-2(1-5)3(6)7/h17H,3-16H2,1-2H3,(H2,22,23,24);2,5H,1,4H2,(H,6,7). The molecule has 0 heterocycles. The Hall–Kier alpha value is -1.56. The largest absolute Gasteiger partial charge is 0.480 e. The molecule has 0 aliphatic heterocycles. The second kappa shape index (κ2) is 22.9. The van der Waals surface area contributed by atoms with E-state index >= 15 is 0 Å². The van der Waals surface area contributed by atoms with Gasteiger partial charge in [0.15, 0.2) is 6.10 Å². The number of carbonyl (C=O) groups is 3. The summed E-state index contributed by atoms with van der Waals surface area (Å²) in [7, 11) is -4.70. The molecule has 0 aromatic heterocycles. The van der Waals surface area contributed by atoms with Crippen LogP contribution in [-0.2, 0) is 32.9 Å². The molecule has 0 radical (unpaired) electrons. The molecule has 0 spiro atoms. The van der Waals surface area contributed by atoms with Crippen molar-refractivity contribution < 1.29 is 52.9 Å². The maximum absolute atomic E-state index is 11.9. The van der Waals surface area contributed by atoms with Crippen molar-refractivity contribution in [2.75, 3.05) is 19.8 Å². The lowest BCUT2D eigenvalue weighted by molar-refractivity contribution is -0.161. The fourth-order valence-electron chi connectivity index (χ4n) is 2.62. The Bertz CT molecular complexity index is 612. The first-order chi connectivity index (χ1) is 16.5. The highest BCUT2D eigenvalue weighted by Crippen LogP contribution is 2.35. The molecule has 12 nitrogen and oxygen atoms in total. The van der Waals surface area contributed by atoms with Gasteiger partial charge in [0.25, 0.3) is 0 Å². The smallest absolute Gasteiger partial charge is 0.469 e. The number of aliphatic hydroxyl groups is 1. The number of carboxylic acid groups (broad SMARTS) is 1. The number of unbranched alkanes of at least 4 members (excludes halogenated alkanes) is 8. The van der Waals surface area contributed by atoms with Crippen LogP contribution in [0.25, 0.3) is 0 Å². The van der Waals surface area contributed by atoms with Crippen LogP contribution in [0.15, 0.2) is 0 Å². The van der Waals surface area contributed by atoms with E-state index in [1.165, 1.54) is 0 Å². The molecular weight excluding hydrogens is 485 g/mol. The van der Waals surface area contributed by atoms with Gasteiger partial charge in [-0.2, -0.15) is 0 Å². The van der Waals surface area contributed by atoms with Gasteiger partial charge in [0.05, 0.1) is 13.2 Å². The third-order valence-electron chi connectivity index (χ3n) is 4.64. The molecule has 0 amide bonds.